The molecule has 0 amide bonds. The SMILES string of the molecule is CN=C(NCCOc1ccc(C)cc1)NCc1ccc(C)s1. The Morgan fingerprint density at radius 2 is 1.86 bits per heavy atom. The Balaban J connectivity index is 1.67. The van der Waals surface area contributed by atoms with Gasteiger partial charge in [0.1, 0.15) is 12.4 Å². The third-order valence-corrected chi connectivity index (χ3v) is 4.13. The number of guanidine groups is 1. The molecule has 1 aromatic heterocycles. The van der Waals surface area contributed by atoms with Crippen LogP contribution in [0.15, 0.2) is 41.4 Å². The van der Waals surface area contributed by atoms with Crippen LogP contribution in [-0.4, -0.2) is 26.2 Å². The number of nitrogens with zero attached hydrogens (tertiary/aromatic N) is 1. The van der Waals surface area contributed by atoms with Crippen molar-refractivity contribution in [3.8, 4) is 5.75 Å². The first kappa shape index (κ1) is 16.4. The van der Waals surface area contributed by atoms with Crippen LogP contribution in [0.5, 0.6) is 5.75 Å². The Labute approximate surface area is 136 Å². The molecule has 0 spiro atoms. The smallest absolute Gasteiger partial charge is 0.191 e. The first-order valence-corrected chi connectivity index (χ1v) is 8.18. The molecule has 5 heteroatoms. The predicted molar refractivity (Wildman–Crippen MR) is 93.9 cm³/mol. The van der Waals surface area contributed by atoms with Crippen molar-refractivity contribution in [1.82, 2.24) is 10.6 Å². The first-order chi connectivity index (χ1) is 10.7. The quantitative estimate of drug-likeness (QED) is 0.489. The Morgan fingerprint density at radius 3 is 2.50 bits per heavy atom. The second-order valence-corrected chi connectivity index (χ2v) is 6.40. The molecule has 0 radical (unpaired) electrons. The molecule has 0 bridgehead atoms. The van der Waals surface area contributed by atoms with Crippen molar-refractivity contribution < 1.29 is 4.74 Å². The summed E-state index contributed by atoms with van der Waals surface area (Å²) >= 11 is 1.80. The molecule has 1 aromatic carbocycles. The zero-order valence-corrected chi connectivity index (χ0v) is 14.2. The van der Waals surface area contributed by atoms with Crippen LogP contribution in [0.3, 0.4) is 0 Å². The Kier molecular flexibility index (Phi) is 6.27. The summed E-state index contributed by atoms with van der Waals surface area (Å²) in [5.41, 5.74) is 1.24. The van der Waals surface area contributed by atoms with E-state index in [1.165, 1.54) is 15.3 Å². The van der Waals surface area contributed by atoms with E-state index >= 15 is 0 Å². The lowest BCUT2D eigenvalue weighted by Gasteiger charge is -2.12. The number of hydrogen-bond acceptors (Lipinski definition) is 3. The van der Waals surface area contributed by atoms with Gasteiger partial charge in [0.2, 0.25) is 0 Å². The van der Waals surface area contributed by atoms with Crippen molar-refractivity contribution in [2.45, 2.75) is 20.4 Å². The summed E-state index contributed by atoms with van der Waals surface area (Å²) in [6, 6.07) is 12.3. The summed E-state index contributed by atoms with van der Waals surface area (Å²) in [5, 5.41) is 6.55. The van der Waals surface area contributed by atoms with Crippen LogP contribution in [0, 0.1) is 13.8 Å². The Morgan fingerprint density at radius 1 is 1.09 bits per heavy atom. The van der Waals surface area contributed by atoms with Crippen molar-refractivity contribution in [2.24, 2.45) is 4.99 Å². The maximum absolute atomic E-state index is 5.68. The number of ether oxygens (including phenoxy) is 1. The number of aliphatic imine (C=N–C) groups is 1. The number of hydrogen-bond donors (Lipinski definition) is 2. The van der Waals surface area contributed by atoms with Crippen molar-refractivity contribution in [3.05, 3.63) is 51.7 Å². The molecule has 0 unspecified atom stereocenters. The van der Waals surface area contributed by atoms with E-state index in [4.69, 9.17) is 4.74 Å². The molecule has 22 heavy (non-hydrogen) atoms. The lowest BCUT2D eigenvalue weighted by molar-refractivity contribution is 0.322. The zero-order valence-electron chi connectivity index (χ0n) is 13.3. The fourth-order valence-electron chi connectivity index (χ4n) is 1.94. The molecule has 0 aliphatic rings. The van der Waals surface area contributed by atoms with E-state index in [9.17, 15) is 0 Å². The van der Waals surface area contributed by atoms with Gasteiger partial charge in [0, 0.05) is 16.8 Å². The average molecular weight is 317 g/mol. The largest absolute Gasteiger partial charge is 0.492 e. The summed E-state index contributed by atoms with van der Waals surface area (Å²) in [7, 11) is 1.77. The fraction of sp³-hybridized carbons (Fsp3) is 0.353. The van der Waals surface area contributed by atoms with Gasteiger partial charge in [0.05, 0.1) is 13.1 Å². The van der Waals surface area contributed by atoms with Crippen molar-refractivity contribution in [3.63, 3.8) is 0 Å². The molecular weight excluding hydrogens is 294 g/mol. The van der Waals surface area contributed by atoms with Gasteiger partial charge in [-0.3, -0.25) is 4.99 Å². The number of aryl methyl sites for hydroxylation is 2. The number of thiophene rings is 1. The van der Waals surface area contributed by atoms with Crippen LogP contribution in [0.4, 0.5) is 0 Å². The van der Waals surface area contributed by atoms with Gasteiger partial charge in [-0.15, -0.1) is 11.3 Å². The lowest BCUT2D eigenvalue weighted by atomic mass is 10.2. The van der Waals surface area contributed by atoms with E-state index in [0.717, 1.165) is 18.3 Å². The molecule has 0 saturated heterocycles. The highest BCUT2D eigenvalue weighted by atomic mass is 32.1. The molecule has 4 nitrogen and oxygen atoms in total. The molecular formula is C17H23N3OS. The van der Waals surface area contributed by atoms with Crippen LogP contribution >= 0.6 is 11.3 Å². The van der Waals surface area contributed by atoms with Crippen molar-refractivity contribution >= 4 is 17.3 Å². The van der Waals surface area contributed by atoms with E-state index in [1.807, 2.05) is 24.3 Å². The summed E-state index contributed by atoms with van der Waals surface area (Å²) in [5.74, 6) is 1.68. The molecule has 2 rings (SSSR count). The van der Waals surface area contributed by atoms with Gasteiger partial charge in [-0.05, 0) is 38.1 Å². The van der Waals surface area contributed by atoms with Gasteiger partial charge in [-0.25, -0.2) is 0 Å². The van der Waals surface area contributed by atoms with Gasteiger partial charge in [-0.2, -0.15) is 0 Å². The molecule has 1 heterocycles. The maximum atomic E-state index is 5.68. The van der Waals surface area contributed by atoms with E-state index in [-0.39, 0.29) is 0 Å². The maximum Gasteiger partial charge on any atom is 0.191 e. The summed E-state index contributed by atoms with van der Waals surface area (Å²) in [6.07, 6.45) is 0. The topological polar surface area (TPSA) is 45.7 Å². The third-order valence-electron chi connectivity index (χ3n) is 3.13. The molecule has 0 atom stereocenters. The molecule has 2 aromatic rings. The normalized spacial score (nSPS) is 11.3. The van der Waals surface area contributed by atoms with Crippen LogP contribution in [-0.2, 0) is 6.54 Å². The third kappa shape index (κ3) is 5.41. The molecule has 0 fully saturated rings. The molecule has 118 valence electrons. The minimum atomic E-state index is 0.599. The van der Waals surface area contributed by atoms with Crippen molar-refractivity contribution in [2.75, 3.05) is 20.2 Å². The fourth-order valence-corrected chi connectivity index (χ4v) is 2.77. The minimum Gasteiger partial charge on any atom is -0.492 e. The van der Waals surface area contributed by atoms with E-state index in [2.05, 4.69) is 41.6 Å². The second kappa shape index (κ2) is 8.44. The molecule has 0 aliphatic carbocycles. The standard InChI is InChI=1S/C17H23N3OS/c1-13-4-7-15(8-5-13)21-11-10-19-17(18-3)20-12-16-9-6-14(2)22-16/h4-9H,10-12H2,1-3H3,(H2,18,19,20). The molecule has 2 N–H and O–H groups in total. The van der Waals surface area contributed by atoms with E-state index in [1.54, 1.807) is 18.4 Å². The highest BCUT2D eigenvalue weighted by molar-refractivity contribution is 7.11. The van der Waals surface area contributed by atoms with Gasteiger partial charge >= 0.3 is 0 Å². The van der Waals surface area contributed by atoms with Crippen molar-refractivity contribution in [1.29, 1.82) is 0 Å². The molecule has 0 aliphatic heterocycles. The van der Waals surface area contributed by atoms with Gasteiger partial charge < -0.3 is 15.4 Å². The zero-order chi connectivity index (χ0) is 15.8. The highest BCUT2D eigenvalue weighted by Crippen LogP contribution is 2.14. The van der Waals surface area contributed by atoms with Crippen LogP contribution < -0.4 is 15.4 Å². The Hall–Kier alpha value is -2.01. The van der Waals surface area contributed by atoms with Crippen LogP contribution in [0.1, 0.15) is 15.3 Å². The molecule has 0 saturated carbocycles. The van der Waals surface area contributed by atoms with Crippen LogP contribution in [0.2, 0.25) is 0 Å². The van der Waals surface area contributed by atoms with Gasteiger partial charge in [0.15, 0.2) is 5.96 Å². The average Bonchev–Trinajstić information content (AvgIpc) is 2.94. The first-order valence-electron chi connectivity index (χ1n) is 7.36. The number of benzene rings is 1. The highest BCUT2D eigenvalue weighted by Gasteiger charge is 2.00. The van der Waals surface area contributed by atoms with Gasteiger partial charge in [-0.1, -0.05) is 17.7 Å². The Bertz CT molecular complexity index is 605. The number of rotatable bonds is 6. The minimum absolute atomic E-state index is 0.599. The predicted octanol–water partition coefficient (Wildman–Crippen LogP) is 3.11. The van der Waals surface area contributed by atoms with E-state index in [0.29, 0.717) is 13.2 Å². The summed E-state index contributed by atoms with van der Waals surface area (Å²) in [4.78, 5) is 6.84. The number of nitrogens with one attached hydrogen (secondary N) is 2. The van der Waals surface area contributed by atoms with Crippen LogP contribution in [0.25, 0.3) is 0 Å². The monoisotopic (exact) mass is 317 g/mol. The second-order valence-electron chi connectivity index (χ2n) is 5.03. The van der Waals surface area contributed by atoms with E-state index < -0.39 is 0 Å². The van der Waals surface area contributed by atoms with Gasteiger partial charge in [0.25, 0.3) is 0 Å². The lowest BCUT2D eigenvalue weighted by Crippen LogP contribution is -2.38. The summed E-state index contributed by atoms with van der Waals surface area (Å²) in [6.45, 7) is 6.27. The summed E-state index contributed by atoms with van der Waals surface area (Å²) < 4.78 is 5.68.